The van der Waals surface area contributed by atoms with Crippen LogP contribution in [0.4, 0.5) is 21.9 Å². The lowest BCUT2D eigenvalue weighted by atomic mass is 10.00. The van der Waals surface area contributed by atoms with E-state index in [0.29, 0.717) is 53.4 Å². The van der Waals surface area contributed by atoms with E-state index in [0.717, 1.165) is 0 Å². The van der Waals surface area contributed by atoms with Crippen molar-refractivity contribution in [2.75, 3.05) is 36.2 Å². The number of nitrogens with one attached hydrogen (secondary N) is 2. The van der Waals surface area contributed by atoms with E-state index >= 15 is 0 Å². The minimum Gasteiger partial charge on any atom is -0.491 e. The van der Waals surface area contributed by atoms with Crippen molar-refractivity contribution in [3.63, 3.8) is 0 Å². The van der Waals surface area contributed by atoms with Crippen LogP contribution < -0.4 is 21.1 Å². The highest BCUT2D eigenvalue weighted by atomic mass is 16.6. The van der Waals surface area contributed by atoms with Crippen LogP contribution in [0.3, 0.4) is 0 Å². The van der Waals surface area contributed by atoms with Gasteiger partial charge < -0.3 is 30.4 Å². The molecule has 0 fully saturated rings. The molecule has 214 valence electrons. The van der Waals surface area contributed by atoms with Crippen molar-refractivity contribution in [1.29, 1.82) is 5.26 Å². The van der Waals surface area contributed by atoms with Gasteiger partial charge in [-0.25, -0.2) is 4.79 Å². The van der Waals surface area contributed by atoms with E-state index in [1.165, 1.54) is 6.08 Å². The topological polar surface area (TPSA) is 156 Å². The Morgan fingerprint density at radius 3 is 2.44 bits per heavy atom. The van der Waals surface area contributed by atoms with Crippen LogP contribution in [0.5, 0.6) is 5.75 Å². The van der Waals surface area contributed by atoms with Crippen molar-refractivity contribution in [2.24, 2.45) is 0 Å². The number of anilines is 3. The highest BCUT2D eigenvalue weighted by molar-refractivity contribution is 6.01. The summed E-state index contributed by atoms with van der Waals surface area (Å²) in [4.78, 5) is 25.3. The highest BCUT2D eigenvalue weighted by Gasteiger charge is 2.27. The molecule has 10 nitrogen and oxygen atoms in total. The van der Waals surface area contributed by atoms with E-state index in [-0.39, 0.29) is 19.1 Å². The molecule has 3 aromatic carbocycles. The smallest absolute Gasteiger partial charge is 0.412 e. The molecule has 2 amide bonds. The van der Waals surface area contributed by atoms with Crippen molar-refractivity contribution >= 4 is 29.1 Å². The Kier molecular flexibility index (Phi) is 12.2. The number of allylic oxidation sites excluding steroid dienone is 1. The van der Waals surface area contributed by atoms with Crippen LogP contribution >= 0.6 is 0 Å². The van der Waals surface area contributed by atoms with Gasteiger partial charge in [0.1, 0.15) is 12.4 Å². The predicted molar refractivity (Wildman–Crippen MR) is 156 cm³/mol. The van der Waals surface area contributed by atoms with E-state index in [1.807, 2.05) is 13.0 Å². The molecule has 3 aromatic rings. The summed E-state index contributed by atoms with van der Waals surface area (Å²) in [6.07, 6.45) is 2.05. The summed E-state index contributed by atoms with van der Waals surface area (Å²) >= 11 is 0. The molecule has 0 spiro atoms. The van der Waals surface area contributed by atoms with Gasteiger partial charge in [-0.2, -0.15) is 5.26 Å². The maximum Gasteiger partial charge on any atom is 0.412 e. The number of para-hydroxylation sites is 2. The fraction of sp³-hybridized carbons (Fsp3) is 0.258. The van der Waals surface area contributed by atoms with Crippen molar-refractivity contribution in [1.82, 2.24) is 0 Å². The molecule has 10 heteroatoms. The molecule has 0 heterocycles. The van der Waals surface area contributed by atoms with Crippen molar-refractivity contribution in [2.45, 2.75) is 32.0 Å². The number of hydrogen-bond donors (Lipinski definition) is 4. The summed E-state index contributed by atoms with van der Waals surface area (Å²) in [7, 11) is 0. The van der Waals surface area contributed by atoms with Gasteiger partial charge in [0.05, 0.1) is 35.7 Å². The quantitative estimate of drug-likeness (QED) is 0.156. The van der Waals surface area contributed by atoms with Crippen molar-refractivity contribution in [3.05, 3.63) is 96.1 Å². The molecule has 0 aliphatic rings. The lowest BCUT2D eigenvalue weighted by Crippen LogP contribution is -2.29. The van der Waals surface area contributed by atoms with Crippen LogP contribution in [0.1, 0.15) is 37.0 Å². The minimum absolute atomic E-state index is 0.111. The molecule has 0 unspecified atom stereocenters. The molecule has 0 saturated heterocycles. The highest BCUT2D eigenvalue weighted by Crippen LogP contribution is 2.29. The van der Waals surface area contributed by atoms with Gasteiger partial charge in [-0.15, -0.1) is 0 Å². The zero-order valence-corrected chi connectivity index (χ0v) is 22.8. The molecule has 5 N–H and O–H groups in total. The SMILES string of the molecule is CCO[C@@H](CC/C=C/C(=O)Nc1ccccc1N)[C@@H](OC(=O)Nc1ccc(C#N)cc1)c1ccc(OCCO)cc1. The Morgan fingerprint density at radius 1 is 1.05 bits per heavy atom. The molecular weight excluding hydrogens is 524 g/mol. The third-order valence-corrected chi connectivity index (χ3v) is 5.89. The summed E-state index contributed by atoms with van der Waals surface area (Å²) in [5, 5.41) is 23.4. The lowest BCUT2D eigenvalue weighted by Gasteiger charge is -2.27. The van der Waals surface area contributed by atoms with Crippen molar-refractivity contribution < 1.29 is 28.9 Å². The number of rotatable bonds is 14. The van der Waals surface area contributed by atoms with E-state index in [4.69, 9.17) is 30.3 Å². The summed E-state index contributed by atoms with van der Waals surface area (Å²) < 4.78 is 17.3. The van der Waals surface area contributed by atoms with Gasteiger partial charge >= 0.3 is 6.09 Å². The number of carbonyl (C=O) groups is 2. The molecular formula is C31H34N4O6. The number of aliphatic hydroxyl groups excluding tert-OH is 1. The largest absolute Gasteiger partial charge is 0.491 e. The summed E-state index contributed by atoms with van der Waals surface area (Å²) in [5.74, 6) is 0.244. The number of benzene rings is 3. The zero-order valence-electron chi connectivity index (χ0n) is 22.8. The van der Waals surface area contributed by atoms with Gasteiger partial charge in [0.25, 0.3) is 0 Å². The van der Waals surface area contributed by atoms with E-state index in [9.17, 15) is 9.59 Å². The number of carbonyl (C=O) groups excluding carboxylic acids is 2. The van der Waals surface area contributed by atoms with Gasteiger partial charge in [0.2, 0.25) is 5.91 Å². The number of nitriles is 1. The molecule has 0 saturated carbocycles. The molecule has 0 aliphatic heterocycles. The molecule has 0 aromatic heterocycles. The molecule has 0 bridgehead atoms. The maximum atomic E-state index is 12.9. The average molecular weight is 559 g/mol. The predicted octanol–water partition coefficient (Wildman–Crippen LogP) is 5.18. The van der Waals surface area contributed by atoms with Crippen LogP contribution in [0.2, 0.25) is 0 Å². The Bertz CT molecular complexity index is 1340. The third kappa shape index (κ3) is 10.0. The second-order valence-electron chi connectivity index (χ2n) is 8.83. The van der Waals surface area contributed by atoms with Gasteiger partial charge in [-0.05, 0) is 79.9 Å². The Hall–Kier alpha value is -4.85. The second-order valence-corrected chi connectivity index (χ2v) is 8.83. The first-order chi connectivity index (χ1) is 19.9. The van der Waals surface area contributed by atoms with E-state index in [1.54, 1.807) is 78.9 Å². The fourth-order valence-corrected chi connectivity index (χ4v) is 3.94. The van der Waals surface area contributed by atoms with Crippen LogP contribution in [0.25, 0.3) is 0 Å². The Balaban J connectivity index is 1.72. The first-order valence-corrected chi connectivity index (χ1v) is 13.2. The third-order valence-electron chi connectivity index (χ3n) is 5.89. The average Bonchev–Trinajstić information content (AvgIpc) is 2.98. The van der Waals surface area contributed by atoms with Gasteiger partial charge in [-0.1, -0.05) is 30.3 Å². The molecule has 41 heavy (non-hydrogen) atoms. The number of hydrogen-bond acceptors (Lipinski definition) is 8. The number of aliphatic hydroxyl groups is 1. The normalized spacial score (nSPS) is 12.2. The standard InChI is InChI=1S/C31H34N4O6/c1-2-39-28(9-5-6-10-29(37)35-27-8-4-3-7-26(27)33)30(23-13-17-25(18-14-23)40-20-19-36)41-31(38)34-24-15-11-22(21-32)12-16-24/h3-4,6-8,10-18,28,30,36H,2,5,9,19-20,33H2,1H3,(H,34,38)(H,35,37)/b10-6+/t28-,30-/m0/s1. The van der Waals surface area contributed by atoms with Gasteiger partial charge in [0, 0.05) is 12.3 Å². The fourth-order valence-electron chi connectivity index (χ4n) is 3.94. The number of nitrogens with zero attached hydrogens (tertiary/aromatic N) is 1. The summed E-state index contributed by atoms with van der Waals surface area (Å²) in [5.41, 5.74) is 8.51. The number of nitrogen functional groups attached to an aromatic ring is 1. The van der Waals surface area contributed by atoms with Crippen molar-refractivity contribution in [3.8, 4) is 11.8 Å². The monoisotopic (exact) mass is 558 g/mol. The summed E-state index contributed by atoms with van der Waals surface area (Å²) in [6, 6.07) is 22.4. The second kappa shape index (κ2) is 16.3. The van der Waals surface area contributed by atoms with Gasteiger partial charge in [-0.3, -0.25) is 10.1 Å². The van der Waals surface area contributed by atoms with E-state index in [2.05, 4.69) is 10.6 Å². The van der Waals surface area contributed by atoms with E-state index < -0.39 is 18.3 Å². The maximum absolute atomic E-state index is 12.9. The lowest BCUT2D eigenvalue weighted by molar-refractivity contribution is -0.111. The number of ether oxygens (including phenoxy) is 3. The molecule has 0 aliphatic carbocycles. The Labute approximate surface area is 239 Å². The number of nitrogens with two attached hydrogens (primary N) is 1. The first kappa shape index (κ1) is 30.7. The van der Waals surface area contributed by atoms with Crippen LogP contribution in [0, 0.1) is 11.3 Å². The zero-order chi connectivity index (χ0) is 29.5. The first-order valence-electron chi connectivity index (χ1n) is 13.2. The minimum atomic E-state index is -0.786. The number of amides is 2. The van der Waals surface area contributed by atoms with Crippen LogP contribution in [-0.2, 0) is 14.3 Å². The molecule has 2 atom stereocenters. The molecule has 0 radical (unpaired) electrons. The van der Waals surface area contributed by atoms with Gasteiger partial charge in [0.15, 0.2) is 6.10 Å². The summed E-state index contributed by atoms with van der Waals surface area (Å²) in [6.45, 7) is 2.27. The molecule has 3 rings (SSSR count). The Morgan fingerprint density at radius 2 is 1.78 bits per heavy atom. The van der Waals surface area contributed by atoms with Crippen LogP contribution in [-0.4, -0.2) is 43.0 Å². The van der Waals surface area contributed by atoms with Crippen LogP contribution in [0.15, 0.2) is 84.9 Å².